The smallest absolute Gasteiger partial charge is 0.480 e. The van der Waals surface area contributed by atoms with Gasteiger partial charge in [0.1, 0.15) is 12.1 Å². The van der Waals surface area contributed by atoms with Crippen molar-refractivity contribution in [3.8, 4) is 11.5 Å². The van der Waals surface area contributed by atoms with Crippen LogP contribution in [0.25, 0.3) is 0 Å². The van der Waals surface area contributed by atoms with Gasteiger partial charge in [0.15, 0.2) is 11.5 Å². The molecule has 4 atom stereocenters. The number of carbonyl (C=O) groups excluding carboxylic acids is 3. The van der Waals surface area contributed by atoms with E-state index in [2.05, 4.69) is 0 Å². The van der Waals surface area contributed by atoms with Crippen molar-refractivity contribution in [2.45, 2.75) is 85.8 Å². The van der Waals surface area contributed by atoms with Crippen LogP contribution in [-0.2, 0) is 23.8 Å². The molecular formula is C28H43NO10. The third-order valence-electron chi connectivity index (χ3n) is 6.15. The number of rotatable bonds is 15. The van der Waals surface area contributed by atoms with Crippen molar-refractivity contribution in [3.63, 3.8) is 0 Å². The molecule has 0 amide bonds. The van der Waals surface area contributed by atoms with Crippen LogP contribution in [0.15, 0.2) is 18.2 Å². The van der Waals surface area contributed by atoms with Gasteiger partial charge in [0.25, 0.3) is 0 Å². The van der Waals surface area contributed by atoms with E-state index in [0.717, 1.165) is 0 Å². The van der Waals surface area contributed by atoms with Gasteiger partial charge in [-0.2, -0.15) is 0 Å². The highest BCUT2D eigenvalue weighted by atomic mass is 16.7. The number of hydrogen-bond donors (Lipinski definition) is 2. The van der Waals surface area contributed by atoms with E-state index in [9.17, 15) is 24.3 Å². The lowest BCUT2D eigenvalue weighted by Crippen LogP contribution is -2.42. The van der Waals surface area contributed by atoms with Crippen LogP contribution in [0, 0.1) is 17.8 Å². The van der Waals surface area contributed by atoms with Crippen LogP contribution in [0.2, 0.25) is 0 Å². The second-order valence-corrected chi connectivity index (χ2v) is 10.3. The van der Waals surface area contributed by atoms with Crippen LogP contribution in [0.5, 0.6) is 11.5 Å². The van der Waals surface area contributed by atoms with E-state index in [-0.39, 0.29) is 31.1 Å². The number of ether oxygens (including phenoxy) is 5. The van der Waals surface area contributed by atoms with Gasteiger partial charge in [-0.15, -0.1) is 0 Å². The maximum Gasteiger partial charge on any atom is 0.513 e. The number of carboxylic acids is 1. The number of carboxylic acid groups (broad SMARTS) is 1. The highest BCUT2D eigenvalue weighted by Gasteiger charge is 2.35. The summed E-state index contributed by atoms with van der Waals surface area (Å²) in [6, 6.07) is 2.83. The van der Waals surface area contributed by atoms with Crippen molar-refractivity contribution >= 4 is 24.2 Å². The minimum Gasteiger partial charge on any atom is -0.480 e. The number of hydrogen-bond acceptors (Lipinski definition) is 10. The van der Waals surface area contributed by atoms with Crippen molar-refractivity contribution in [2.24, 2.45) is 23.5 Å². The average Bonchev–Trinajstić information content (AvgIpc) is 2.84. The fourth-order valence-electron chi connectivity index (χ4n) is 3.57. The third kappa shape index (κ3) is 11.9. The molecule has 0 aliphatic heterocycles. The fraction of sp³-hybridized carbons (Fsp3) is 0.643. The summed E-state index contributed by atoms with van der Waals surface area (Å²) < 4.78 is 26.3. The van der Waals surface area contributed by atoms with Gasteiger partial charge in [-0.3, -0.25) is 9.59 Å². The lowest BCUT2D eigenvalue weighted by atomic mass is 9.79. The number of nitrogens with two attached hydrogens (primary N) is 1. The molecule has 39 heavy (non-hydrogen) atoms. The van der Waals surface area contributed by atoms with E-state index < -0.39 is 48.2 Å². The summed E-state index contributed by atoms with van der Waals surface area (Å²) >= 11 is 0. The fourth-order valence-corrected chi connectivity index (χ4v) is 3.57. The number of aliphatic carboxylic acids is 1. The normalized spacial score (nSPS) is 14.2. The standard InChI is InChI=1S/C28H43NO10/c1-8-23(30)37-19(7)18(6)24(25(29)26(31)32)20-9-10-21(38-27(33)35-13-11-16(2)3)22(15-20)39-28(34)36-14-12-17(4)5/h9-10,15-19,24-25H,8,11-14,29H2,1-7H3,(H,31,32)/t18?,19?,24?,25-/m0/s1. The largest absolute Gasteiger partial charge is 0.513 e. The molecule has 3 N–H and O–H groups in total. The molecule has 0 aliphatic carbocycles. The molecule has 1 aromatic rings. The van der Waals surface area contributed by atoms with Gasteiger partial charge >= 0.3 is 24.2 Å². The van der Waals surface area contributed by atoms with E-state index in [1.54, 1.807) is 20.8 Å². The van der Waals surface area contributed by atoms with Gasteiger partial charge < -0.3 is 34.5 Å². The molecular weight excluding hydrogens is 510 g/mol. The topological polar surface area (TPSA) is 161 Å². The van der Waals surface area contributed by atoms with Crippen molar-refractivity contribution in [3.05, 3.63) is 23.8 Å². The number of carbonyl (C=O) groups is 4. The average molecular weight is 554 g/mol. The Labute approximate surface area is 230 Å². The summed E-state index contributed by atoms with van der Waals surface area (Å²) in [6.07, 6.45) is -1.29. The third-order valence-corrected chi connectivity index (χ3v) is 6.15. The van der Waals surface area contributed by atoms with Crippen LogP contribution in [-0.4, -0.2) is 54.7 Å². The van der Waals surface area contributed by atoms with Gasteiger partial charge in [-0.05, 0) is 49.3 Å². The summed E-state index contributed by atoms with van der Waals surface area (Å²) in [5.41, 5.74) is 6.42. The van der Waals surface area contributed by atoms with E-state index in [4.69, 9.17) is 29.4 Å². The zero-order valence-electron chi connectivity index (χ0n) is 23.9. The first-order valence-corrected chi connectivity index (χ1v) is 13.3. The lowest BCUT2D eigenvalue weighted by Gasteiger charge is -2.31. The second-order valence-electron chi connectivity index (χ2n) is 10.3. The van der Waals surface area contributed by atoms with E-state index in [1.165, 1.54) is 18.2 Å². The van der Waals surface area contributed by atoms with Gasteiger partial charge in [0.05, 0.1) is 13.2 Å². The van der Waals surface area contributed by atoms with E-state index in [1.807, 2.05) is 27.7 Å². The predicted octanol–water partition coefficient (Wildman–Crippen LogP) is 5.28. The Morgan fingerprint density at radius 3 is 1.82 bits per heavy atom. The first kappa shape index (κ1) is 33.7. The van der Waals surface area contributed by atoms with Crippen LogP contribution in [0.4, 0.5) is 9.59 Å². The molecule has 1 rings (SSSR count). The van der Waals surface area contributed by atoms with Crippen LogP contribution < -0.4 is 15.2 Å². The van der Waals surface area contributed by atoms with Crippen LogP contribution in [0.3, 0.4) is 0 Å². The Kier molecular flexibility index (Phi) is 14.3. The molecule has 1 aromatic carbocycles. The van der Waals surface area contributed by atoms with E-state index >= 15 is 0 Å². The minimum atomic E-state index is -1.39. The molecule has 0 heterocycles. The predicted molar refractivity (Wildman–Crippen MR) is 143 cm³/mol. The van der Waals surface area contributed by atoms with Gasteiger partial charge in [-0.1, -0.05) is 47.6 Å². The number of benzene rings is 1. The first-order chi connectivity index (χ1) is 18.3. The highest BCUT2D eigenvalue weighted by molar-refractivity contribution is 5.75. The molecule has 11 heteroatoms. The molecule has 0 aliphatic rings. The first-order valence-electron chi connectivity index (χ1n) is 13.3. The minimum absolute atomic E-state index is 0.119. The molecule has 0 radical (unpaired) electrons. The second kappa shape index (κ2) is 16.6. The molecule has 0 saturated carbocycles. The summed E-state index contributed by atoms with van der Waals surface area (Å²) in [5.74, 6) is -2.84. The summed E-state index contributed by atoms with van der Waals surface area (Å²) in [6.45, 7) is 13.2. The highest BCUT2D eigenvalue weighted by Crippen LogP contribution is 2.37. The van der Waals surface area contributed by atoms with Crippen molar-refractivity contribution in [2.75, 3.05) is 13.2 Å². The molecule has 0 aromatic heterocycles. The van der Waals surface area contributed by atoms with Gasteiger partial charge in [0, 0.05) is 18.3 Å². The zero-order valence-corrected chi connectivity index (χ0v) is 23.9. The van der Waals surface area contributed by atoms with Crippen molar-refractivity contribution < 1.29 is 48.0 Å². The van der Waals surface area contributed by atoms with Crippen molar-refractivity contribution in [1.29, 1.82) is 0 Å². The molecule has 0 spiro atoms. The van der Waals surface area contributed by atoms with Crippen LogP contribution >= 0.6 is 0 Å². The Morgan fingerprint density at radius 2 is 1.36 bits per heavy atom. The van der Waals surface area contributed by atoms with E-state index in [0.29, 0.717) is 30.2 Å². The Hall–Kier alpha value is -3.34. The molecule has 0 fully saturated rings. The summed E-state index contributed by atoms with van der Waals surface area (Å²) in [5, 5.41) is 9.70. The maximum absolute atomic E-state index is 12.4. The Morgan fingerprint density at radius 1 is 0.846 bits per heavy atom. The zero-order chi connectivity index (χ0) is 29.7. The SMILES string of the molecule is CCC(=O)OC(C)C(C)C(c1ccc(OC(=O)OCCC(C)C)c(OC(=O)OCCC(C)C)c1)[C@H](N)C(=O)O. The molecule has 0 saturated heterocycles. The summed E-state index contributed by atoms with van der Waals surface area (Å²) in [7, 11) is 0. The quantitative estimate of drug-likeness (QED) is 0.165. The van der Waals surface area contributed by atoms with Crippen molar-refractivity contribution in [1.82, 2.24) is 0 Å². The molecule has 3 unspecified atom stereocenters. The maximum atomic E-state index is 12.4. The Balaban J connectivity index is 3.36. The Bertz CT molecular complexity index is 962. The molecule has 220 valence electrons. The molecule has 11 nitrogen and oxygen atoms in total. The number of esters is 1. The van der Waals surface area contributed by atoms with Gasteiger partial charge in [-0.25, -0.2) is 9.59 Å². The van der Waals surface area contributed by atoms with Gasteiger partial charge in [0.2, 0.25) is 0 Å². The summed E-state index contributed by atoms with van der Waals surface area (Å²) in [4.78, 5) is 48.4. The monoisotopic (exact) mass is 553 g/mol. The van der Waals surface area contributed by atoms with Crippen LogP contribution in [0.1, 0.15) is 79.2 Å². The molecule has 0 bridgehead atoms. The lowest BCUT2D eigenvalue weighted by molar-refractivity contribution is -0.150.